The van der Waals surface area contributed by atoms with E-state index in [4.69, 9.17) is 11.6 Å². The molecule has 1 heterocycles. The average molecular weight is 296 g/mol. The van der Waals surface area contributed by atoms with Gasteiger partial charge in [0.05, 0.1) is 10.8 Å². The van der Waals surface area contributed by atoms with Crippen LogP contribution in [0.3, 0.4) is 0 Å². The molecule has 1 aromatic rings. The number of hydrogen-bond donors (Lipinski definition) is 0. The van der Waals surface area contributed by atoms with Crippen molar-refractivity contribution in [1.29, 1.82) is 0 Å². The average Bonchev–Trinajstić information content (AvgIpc) is 2.78. The van der Waals surface area contributed by atoms with Crippen molar-refractivity contribution in [2.45, 2.75) is 44.0 Å². The molecule has 1 rings (SSSR count). The largest absolute Gasteiger partial charge is 0.244 e. The lowest BCUT2D eigenvalue weighted by molar-refractivity contribution is 0.342. The van der Waals surface area contributed by atoms with Gasteiger partial charge in [-0.05, 0) is 19.4 Å². The topological polar surface area (TPSA) is 37.4 Å². The lowest BCUT2D eigenvalue weighted by atomic mass is 10.3. The number of thiophene rings is 1. The molecular weight excluding hydrogens is 278 g/mol. The van der Waals surface area contributed by atoms with Gasteiger partial charge in [0.15, 0.2) is 0 Å². The minimum Gasteiger partial charge on any atom is -0.207 e. The van der Waals surface area contributed by atoms with E-state index in [2.05, 4.69) is 0 Å². The van der Waals surface area contributed by atoms with Crippen LogP contribution < -0.4 is 0 Å². The molecule has 17 heavy (non-hydrogen) atoms. The van der Waals surface area contributed by atoms with E-state index in [0.717, 1.165) is 11.3 Å². The first kappa shape index (κ1) is 15.0. The maximum absolute atomic E-state index is 12.4. The maximum Gasteiger partial charge on any atom is 0.244 e. The number of halogens is 1. The van der Waals surface area contributed by atoms with E-state index in [9.17, 15) is 8.42 Å². The Morgan fingerprint density at radius 3 is 2.53 bits per heavy atom. The molecule has 0 aliphatic rings. The van der Waals surface area contributed by atoms with Crippen molar-refractivity contribution in [1.82, 2.24) is 4.31 Å². The summed E-state index contributed by atoms with van der Waals surface area (Å²) >= 11 is 7.08. The van der Waals surface area contributed by atoms with Crippen LogP contribution in [0.15, 0.2) is 16.3 Å². The SMILES string of the molecule is CCC(C)N(CC)S(=O)(=O)c1csc(CCl)c1. The summed E-state index contributed by atoms with van der Waals surface area (Å²) in [5.41, 5.74) is 0. The van der Waals surface area contributed by atoms with Gasteiger partial charge in [0.2, 0.25) is 10.0 Å². The number of alkyl halides is 1. The van der Waals surface area contributed by atoms with Crippen LogP contribution >= 0.6 is 22.9 Å². The van der Waals surface area contributed by atoms with Gasteiger partial charge in [0.1, 0.15) is 0 Å². The molecule has 1 aromatic heterocycles. The van der Waals surface area contributed by atoms with E-state index >= 15 is 0 Å². The molecule has 0 N–H and O–H groups in total. The molecule has 0 aliphatic carbocycles. The summed E-state index contributed by atoms with van der Waals surface area (Å²) in [5, 5.41) is 1.66. The van der Waals surface area contributed by atoms with Crippen molar-refractivity contribution in [3.8, 4) is 0 Å². The second-order valence-corrected chi connectivity index (χ2v) is 7.00. The van der Waals surface area contributed by atoms with Gasteiger partial charge in [-0.25, -0.2) is 8.42 Å². The summed E-state index contributed by atoms with van der Waals surface area (Å²) in [6.45, 7) is 6.26. The number of nitrogens with zero attached hydrogens (tertiary/aromatic N) is 1. The van der Waals surface area contributed by atoms with Crippen LogP contribution in [0.2, 0.25) is 0 Å². The maximum atomic E-state index is 12.4. The third-order valence-electron chi connectivity index (χ3n) is 2.76. The van der Waals surface area contributed by atoms with Crippen LogP contribution in [0.1, 0.15) is 32.1 Å². The first-order valence-corrected chi connectivity index (χ1v) is 8.48. The van der Waals surface area contributed by atoms with Crippen LogP contribution in [0.25, 0.3) is 0 Å². The second-order valence-electron chi connectivity index (χ2n) is 3.85. The highest BCUT2D eigenvalue weighted by Gasteiger charge is 2.27. The normalized spacial score (nSPS) is 14.2. The first-order valence-electron chi connectivity index (χ1n) is 5.62. The number of hydrogen-bond acceptors (Lipinski definition) is 3. The molecule has 98 valence electrons. The Balaban J connectivity index is 3.08. The summed E-state index contributed by atoms with van der Waals surface area (Å²) in [4.78, 5) is 1.24. The van der Waals surface area contributed by atoms with E-state index in [0.29, 0.717) is 17.3 Å². The highest BCUT2D eigenvalue weighted by Crippen LogP contribution is 2.25. The molecule has 0 amide bonds. The minimum absolute atomic E-state index is 0.0179. The smallest absolute Gasteiger partial charge is 0.207 e. The molecule has 6 heteroatoms. The molecule has 0 fully saturated rings. The van der Waals surface area contributed by atoms with Gasteiger partial charge in [-0.15, -0.1) is 22.9 Å². The fourth-order valence-corrected chi connectivity index (χ4v) is 4.71. The predicted octanol–water partition coefficient (Wildman–Crippen LogP) is 3.30. The van der Waals surface area contributed by atoms with Gasteiger partial charge in [-0.2, -0.15) is 4.31 Å². The van der Waals surface area contributed by atoms with Crippen LogP contribution in [0.4, 0.5) is 0 Å². The Bertz CT molecular complexity index is 456. The predicted molar refractivity (Wildman–Crippen MR) is 73.2 cm³/mol. The van der Waals surface area contributed by atoms with Crippen molar-refractivity contribution >= 4 is 33.0 Å². The Morgan fingerprint density at radius 1 is 1.47 bits per heavy atom. The zero-order chi connectivity index (χ0) is 13.1. The lowest BCUT2D eigenvalue weighted by Crippen LogP contribution is -2.37. The van der Waals surface area contributed by atoms with Crippen molar-refractivity contribution in [3.05, 3.63) is 16.3 Å². The molecule has 3 nitrogen and oxygen atoms in total. The van der Waals surface area contributed by atoms with Crippen LogP contribution in [0, 0.1) is 0 Å². The second kappa shape index (κ2) is 6.18. The van der Waals surface area contributed by atoms with Crippen molar-refractivity contribution in [2.75, 3.05) is 6.54 Å². The van der Waals surface area contributed by atoms with E-state index in [1.165, 1.54) is 15.6 Å². The van der Waals surface area contributed by atoms with Crippen molar-refractivity contribution in [2.24, 2.45) is 0 Å². The summed E-state index contributed by atoms with van der Waals surface area (Å²) in [6, 6.07) is 1.68. The quantitative estimate of drug-likeness (QED) is 0.755. The molecule has 0 aliphatic heterocycles. The van der Waals surface area contributed by atoms with E-state index in [-0.39, 0.29) is 6.04 Å². The fourth-order valence-electron chi connectivity index (χ4n) is 1.62. The monoisotopic (exact) mass is 295 g/mol. The molecular formula is C11H18ClNO2S2. The third-order valence-corrected chi connectivity index (χ3v) is 6.36. The summed E-state index contributed by atoms with van der Waals surface area (Å²) < 4.78 is 26.3. The molecule has 0 bridgehead atoms. The van der Waals surface area contributed by atoms with E-state index in [1.54, 1.807) is 11.4 Å². The Labute approximate surface area is 112 Å². The van der Waals surface area contributed by atoms with E-state index in [1.807, 2.05) is 20.8 Å². The number of sulfonamides is 1. The molecule has 1 unspecified atom stereocenters. The molecule has 0 saturated heterocycles. The van der Waals surface area contributed by atoms with Crippen LogP contribution in [-0.4, -0.2) is 25.3 Å². The first-order chi connectivity index (χ1) is 7.97. The van der Waals surface area contributed by atoms with Crippen LogP contribution in [0.5, 0.6) is 0 Å². The zero-order valence-corrected chi connectivity index (χ0v) is 12.7. The van der Waals surface area contributed by atoms with Gasteiger partial charge in [0, 0.05) is 22.8 Å². The van der Waals surface area contributed by atoms with Gasteiger partial charge >= 0.3 is 0 Å². The highest BCUT2D eigenvalue weighted by molar-refractivity contribution is 7.89. The molecule has 0 radical (unpaired) electrons. The number of rotatable bonds is 6. The van der Waals surface area contributed by atoms with E-state index < -0.39 is 10.0 Å². The molecule has 0 spiro atoms. The Hall–Kier alpha value is -0.100. The Morgan fingerprint density at radius 2 is 2.12 bits per heavy atom. The Kier molecular flexibility index (Phi) is 5.44. The van der Waals surface area contributed by atoms with Gasteiger partial charge < -0.3 is 0 Å². The third kappa shape index (κ3) is 3.22. The van der Waals surface area contributed by atoms with Gasteiger partial charge in [-0.1, -0.05) is 13.8 Å². The van der Waals surface area contributed by atoms with Crippen LogP contribution in [-0.2, 0) is 15.9 Å². The van der Waals surface area contributed by atoms with Gasteiger partial charge in [-0.3, -0.25) is 0 Å². The van der Waals surface area contributed by atoms with Gasteiger partial charge in [0.25, 0.3) is 0 Å². The molecule has 1 atom stereocenters. The van der Waals surface area contributed by atoms with Crippen molar-refractivity contribution in [3.63, 3.8) is 0 Å². The zero-order valence-electron chi connectivity index (χ0n) is 10.3. The molecule has 0 saturated carbocycles. The summed E-state index contributed by atoms with van der Waals surface area (Å²) in [6.07, 6.45) is 0.805. The molecule has 0 aromatic carbocycles. The highest BCUT2D eigenvalue weighted by atomic mass is 35.5. The summed E-state index contributed by atoms with van der Waals surface area (Å²) in [5.74, 6) is 0.357. The van der Waals surface area contributed by atoms with Crippen molar-refractivity contribution < 1.29 is 8.42 Å². The lowest BCUT2D eigenvalue weighted by Gasteiger charge is -2.25. The fraction of sp³-hybridized carbons (Fsp3) is 0.636. The standard InChI is InChI=1S/C11H18ClNO2S2/c1-4-9(3)13(5-2)17(14,15)11-6-10(7-12)16-8-11/h6,8-9H,4-5,7H2,1-3H3. The minimum atomic E-state index is -3.37. The summed E-state index contributed by atoms with van der Waals surface area (Å²) in [7, 11) is -3.37.